The van der Waals surface area contributed by atoms with Gasteiger partial charge in [0.25, 0.3) is 0 Å². The Labute approximate surface area is 189 Å². The van der Waals surface area contributed by atoms with Crippen LogP contribution in [0.2, 0.25) is 0 Å². The summed E-state index contributed by atoms with van der Waals surface area (Å²) in [6, 6.07) is 5.42. The molecule has 2 N–H and O–H groups in total. The molecule has 0 aromatic heterocycles. The van der Waals surface area contributed by atoms with E-state index in [0.29, 0.717) is 18.0 Å². The molecule has 3 rings (SSSR count). The highest BCUT2D eigenvalue weighted by Crippen LogP contribution is 2.54. The van der Waals surface area contributed by atoms with Gasteiger partial charge in [0, 0.05) is 0 Å². The molecule has 0 aliphatic heterocycles. The van der Waals surface area contributed by atoms with E-state index in [1.807, 2.05) is 19.1 Å². The van der Waals surface area contributed by atoms with Gasteiger partial charge in [-0.25, -0.2) is 9.59 Å². The van der Waals surface area contributed by atoms with Gasteiger partial charge >= 0.3 is 18.0 Å². The Hall–Kier alpha value is -2.57. The second-order valence-corrected chi connectivity index (χ2v) is 10.5. The van der Waals surface area contributed by atoms with Crippen LogP contribution in [0.5, 0.6) is 0 Å². The molecule has 2 saturated carbocycles. The number of ether oxygens (including phenoxy) is 2. The number of esters is 1. The quantitative estimate of drug-likeness (QED) is 0.573. The number of carboxylic acids is 1. The lowest BCUT2D eigenvalue weighted by atomic mass is 9.57. The molecule has 7 nitrogen and oxygen atoms in total. The topological polar surface area (TPSA) is 102 Å². The van der Waals surface area contributed by atoms with E-state index in [-0.39, 0.29) is 24.0 Å². The predicted octanol–water partition coefficient (Wildman–Crippen LogP) is 5.59. The molecule has 176 valence electrons. The first-order valence-corrected chi connectivity index (χ1v) is 11.5. The number of fused-ring (bicyclic) bond motifs is 2. The zero-order chi connectivity index (χ0) is 23.7. The van der Waals surface area contributed by atoms with Crippen LogP contribution in [0.25, 0.3) is 0 Å². The molecule has 32 heavy (non-hydrogen) atoms. The number of rotatable bonds is 5. The third-order valence-corrected chi connectivity index (χ3v) is 6.66. The van der Waals surface area contributed by atoms with Crippen LogP contribution in [0.15, 0.2) is 18.2 Å². The molecule has 2 fully saturated rings. The van der Waals surface area contributed by atoms with Gasteiger partial charge in [-0.1, -0.05) is 6.07 Å². The highest BCUT2D eigenvalue weighted by molar-refractivity contribution is 6.00. The fourth-order valence-corrected chi connectivity index (χ4v) is 5.38. The third kappa shape index (κ3) is 5.43. The van der Waals surface area contributed by atoms with Crippen LogP contribution in [0.4, 0.5) is 10.5 Å². The first-order chi connectivity index (χ1) is 14.9. The van der Waals surface area contributed by atoms with Gasteiger partial charge in [0.1, 0.15) is 5.60 Å². The number of hydrogen-bond acceptors (Lipinski definition) is 5. The van der Waals surface area contributed by atoms with Crippen molar-refractivity contribution >= 4 is 23.7 Å². The summed E-state index contributed by atoms with van der Waals surface area (Å²) in [5, 5.41) is 12.5. The van der Waals surface area contributed by atoms with Gasteiger partial charge in [-0.15, -0.1) is 0 Å². The smallest absolute Gasteiger partial charge is 0.412 e. The number of hydrogen-bond donors (Lipinski definition) is 2. The Morgan fingerprint density at radius 2 is 1.91 bits per heavy atom. The summed E-state index contributed by atoms with van der Waals surface area (Å²) in [7, 11) is 0. The second-order valence-electron chi connectivity index (χ2n) is 10.5. The van der Waals surface area contributed by atoms with E-state index in [1.54, 1.807) is 33.8 Å². The molecule has 4 unspecified atom stereocenters. The van der Waals surface area contributed by atoms with Crippen LogP contribution >= 0.6 is 0 Å². The van der Waals surface area contributed by atoms with E-state index < -0.39 is 29.0 Å². The van der Waals surface area contributed by atoms with Crippen molar-refractivity contribution in [1.29, 1.82) is 0 Å². The Bertz CT molecular complexity index is 889. The fraction of sp³-hybridized carbons (Fsp3) is 0.640. The van der Waals surface area contributed by atoms with Crippen molar-refractivity contribution in [3.05, 3.63) is 29.3 Å². The molecular weight excluding hydrogens is 410 g/mol. The van der Waals surface area contributed by atoms with Gasteiger partial charge in [0.05, 0.1) is 23.3 Å². The standard InChI is InChI=1S/C25H35NO6/c1-6-31-21(27)19-10-8-16(12-20(19)26-23(30)32-24(2,3)4)18-9-7-15-11-17(18)14-25(5,13-15)22(28)29/h8,10,12,15,17-18H,6-7,9,11,13-14H2,1-5H3,(H,26,30)(H,28,29). The van der Waals surface area contributed by atoms with Gasteiger partial charge in [0.2, 0.25) is 0 Å². The summed E-state index contributed by atoms with van der Waals surface area (Å²) in [5.74, 6) is -0.362. The Kier molecular flexibility index (Phi) is 6.86. The highest BCUT2D eigenvalue weighted by Gasteiger charge is 2.47. The number of amides is 1. The zero-order valence-electron chi connectivity index (χ0n) is 19.7. The second kappa shape index (κ2) is 9.12. The molecule has 4 atom stereocenters. The zero-order valence-corrected chi connectivity index (χ0v) is 19.7. The average molecular weight is 446 g/mol. The minimum absolute atomic E-state index is 0.181. The maximum atomic E-state index is 12.5. The molecule has 2 aliphatic rings. The van der Waals surface area contributed by atoms with Gasteiger partial charge in [-0.3, -0.25) is 10.1 Å². The van der Waals surface area contributed by atoms with Gasteiger partial charge in [-0.05, 0) is 102 Å². The first kappa shape index (κ1) is 24.1. The van der Waals surface area contributed by atoms with E-state index >= 15 is 0 Å². The molecule has 7 heteroatoms. The minimum atomic E-state index is -0.724. The normalized spacial score (nSPS) is 27.3. The van der Waals surface area contributed by atoms with Crippen LogP contribution in [0, 0.1) is 17.3 Å². The van der Waals surface area contributed by atoms with Crippen molar-refractivity contribution in [2.75, 3.05) is 11.9 Å². The molecule has 2 bridgehead atoms. The van der Waals surface area contributed by atoms with Gasteiger partial charge in [-0.2, -0.15) is 0 Å². The molecule has 0 heterocycles. The minimum Gasteiger partial charge on any atom is -0.481 e. The lowest BCUT2D eigenvalue weighted by molar-refractivity contribution is -0.153. The molecule has 2 aliphatic carbocycles. The van der Waals surface area contributed by atoms with Gasteiger partial charge in [0.15, 0.2) is 0 Å². The molecular formula is C25H35NO6. The Balaban J connectivity index is 1.90. The number of benzene rings is 1. The SMILES string of the molecule is CCOC(=O)c1ccc(C2CCC3CC2CC(C)(C(=O)O)C3)cc1NC(=O)OC(C)(C)C. The summed E-state index contributed by atoms with van der Waals surface area (Å²) in [5.41, 5.74) is 0.257. The largest absolute Gasteiger partial charge is 0.481 e. The summed E-state index contributed by atoms with van der Waals surface area (Å²) >= 11 is 0. The number of carboxylic acid groups (broad SMARTS) is 1. The monoisotopic (exact) mass is 445 g/mol. The van der Waals surface area contributed by atoms with Crippen LogP contribution in [-0.4, -0.2) is 35.3 Å². The maximum Gasteiger partial charge on any atom is 0.412 e. The average Bonchev–Trinajstić information content (AvgIpc) is 2.66. The lowest BCUT2D eigenvalue weighted by Crippen LogP contribution is -2.41. The molecule has 1 aromatic carbocycles. The summed E-state index contributed by atoms with van der Waals surface area (Å²) in [4.78, 5) is 36.8. The lowest BCUT2D eigenvalue weighted by Gasteiger charge is -2.47. The van der Waals surface area contributed by atoms with Crippen LogP contribution < -0.4 is 5.32 Å². The van der Waals surface area contributed by atoms with Crippen LogP contribution in [0.3, 0.4) is 0 Å². The number of carbonyl (C=O) groups is 3. The van der Waals surface area contributed by atoms with Crippen molar-refractivity contribution in [1.82, 2.24) is 0 Å². The number of anilines is 1. The number of nitrogens with one attached hydrogen (secondary N) is 1. The van der Waals surface area contributed by atoms with Gasteiger partial charge < -0.3 is 14.6 Å². The third-order valence-electron chi connectivity index (χ3n) is 6.66. The van der Waals surface area contributed by atoms with E-state index in [2.05, 4.69) is 5.32 Å². The molecule has 0 radical (unpaired) electrons. The Morgan fingerprint density at radius 3 is 2.53 bits per heavy atom. The Morgan fingerprint density at radius 1 is 1.19 bits per heavy atom. The summed E-state index contributed by atoms with van der Waals surface area (Å²) < 4.78 is 10.5. The predicted molar refractivity (Wildman–Crippen MR) is 121 cm³/mol. The van der Waals surface area contributed by atoms with E-state index in [0.717, 1.165) is 31.2 Å². The van der Waals surface area contributed by atoms with E-state index in [1.165, 1.54) is 0 Å². The summed E-state index contributed by atoms with van der Waals surface area (Å²) in [6.45, 7) is 9.14. The van der Waals surface area contributed by atoms with Crippen molar-refractivity contribution in [3.8, 4) is 0 Å². The van der Waals surface area contributed by atoms with Crippen molar-refractivity contribution in [3.63, 3.8) is 0 Å². The number of carbonyl (C=O) groups excluding carboxylic acids is 2. The maximum absolute atomic E-state index is 12.5. The fourth-order valence-electron chi connectivity index (χ4n) is 5.38. The first-order valence-electron chi connectivity index (χ1n) is 11.5. The van der Waals surface area contributed by atoms with Crippen molar-refractivity contribution in [2.24, 2.45) is 17.3 Å². The van der Waals surface area contributed by atoms with Crippen LogP contribution in [0.1, 0.15) is 88.6 Å². The molecule has 0 spiro atoms. The van der Waals surface area contributed by atoms with E-state index in [9.17, 15) is 19.5 Å². The van der Waals surface area contributed by atoms with Crippen molar-refractivity contribution in [2.45, 2.75) is 78.2 Å². The molecule has 1 aromatic rings. The van der Waals surface area contributed by atoms with Crippen LogP contribution in [-0.2, 0) is 14.3 Å². The summed E-state index contributed by atoms with van der Waals surface area (Å²) in [6.07, 6.45) is 3.70. The molecule has 0 saturated heterocycles. The number of aliphatic carboxylic acids is 1. The molecule has 1 amide bonds. The van der Waals surface area contributed by atoms with Crippen molar-refractivity contribution < 1.29 is 29.0 Å². The highest BCUT2D eigenvalue weighted by atomic mass is 16.6. The van der Waals surface area contributed by atoms with E-state index in [4.69, 9.17) is 9.47 Å².